The largest absolute Gasteiger partial charge is 0.465 e. The van der Waals surface area contributed by atoms with Crippen molar-refractivity contribution >= 4 is 11.8 Å². The molecular weight excluding hydrogens is 194 g/mol. The van der Waals surface area contributed by atoms with Crippen molar-refractivity contribution in [1.29, 1.82) is 0 Å². The molecule has 2 saturated heterocycles. The topological polar surface area (TPSA) is 46.6 Å². The molecule has 2 aliphatic heterocycles. The highest BCUT2D eigenvalue weighted by Crippen LogP contribution is 2.42. The van der Waals surface area contributed by atoms with Gasteiger partial charge >= 0.3 is 5.97 Å². The summed E-state index contributed by atoms with van der Waals surface area (Å²) in [7, 11) is 1.93. The van der Waals surface area contributed by atoms with Gasteiger partial charge in [-0.05, 0) is 26.8 Å². The fraction of sp³-hybridized carbons (Fsp3) is 0.818. The van der Waals surface area contributed by atoms with E-state index in [1.807, 2.05) is 11.9 Å². The average Bonchev–Trinajstić information content (AvgIpc) is 2.41. The van der Waals surface area contributed by atoms with Crippen LogP contribution in [-0.4, -0.2) is 41.9 Å². The van der Waals surface area contributed by atoms with Gasteiger partial charge in [0.2, 0.25) is 0 Å². The van der Waals surface area contributed by atoms with E-state index in [9.17, 15) is 9.59 Å². The Bertz CT molecular complexity index is 302. The number of likely N-dealkylation sites (N-methyl/N-ethyl adjacent to an activating group) is 1. The van der Waals surface area contributed by atoms with Crippen molar-refractivity contribution in [1.82, 2.24) is 4.90 Å². The van der Waals surface area contributed by atoms with Crippen LogP contribution in [0.1, 0.15) is 32.6 Å². The van der Waals surface area contributed by atoms with Crippen LogP contribution in [0.2, 0.25) is 0 Å². The summed E-state index contributed by atoms with van der Waals surface area (Å²) in [6, 6.07) is 0.246. The SMILES string of the molecule is CCOC(=O)C12CCC(CC(=O)C1)N2C. The molecule has 0 saturated carbocycles. The lowest BCUT2D eigenvalue weighted by molar-refractivity contribution is -0.160. The van der Waals surface area contributed by atoms with Crippen LogP contribution < -0.4 is 0 Å². The third-order valence-corrected chi connectivity index (χ3v) is 3.72. The van der Waals surface area contributed by atoms with Gasteiger partial charge in [0.25, 0.3) is 0 Å². The van der Waals surface area contributed by atoms with Gasteiger partial charge in [-0.15, -0.1) is 0 Å². The van der Waals surface area contributed by atoms with Gasteiger partial charge in [0, 0.05) is 18.9 Å². The molecule has 2 atom stereocenters. The van der Waals surface area contributed by atoms with Crippen LogP contribution in [0.25, 0.3) is 0 Å². The van der Waals surface area contributed by atoms with Gasteiger partial charge in [-0.25, -0.2) is 0 Å². The number of hydrogen-bond donors (Lipinski definition) is 0. The zero-order valence-electron chi connectivity index (χ0n) is 9.28. The van der Waals surface area contributed by atoms with Crippen molar-refractivity contribution in [3.63, 3.8) is 0 Å². The quantitative estimate of drug-likeness (QED) is 0.632. The summed E-state index contributed by atoms with van der Waals surface area (Å²) < 4.78 is 5.09. The van der Waals surface area contributed by atoms with E-state index in [1.54, 1.807) is 6.92 Å². The zero-order chi connectivity index (χ0) is 11.1. The van der Waals surface area contributed by atoms with Gasteiger partial charge in [-0.3, -0.25) is 14.5 Å². The maximum absolute atomic E-state index is 11.9. The maximum atomic E-state index is 11.9. The Morgan fingerprint density at radius 2 is 2.40 bits per heavy atom. The van der Waals surface area contributed by atoms with Crippen LogP contribution in [0, 0.1) is 0 Å². The minimum absolute atomic E-state index is 0.198. The second-order valence-corrected chi connectivity index (χ2v) is 4.48. The van der Waals surface area contributed by atoms with E-state index in [0.717, 1.165) is 12.8 Å². The molecule has 0 aromatic carbocycles. The number of esters is 1. The first-order valence-corrected chi connectivity index (χ1v) is 5.52. The molecule has 15 heavy (non-hydrogen) atoms. The predicted molar refractivity (Wildman–Crippen MR) is 54.4 cm³/mol. The molecule has 0 aliphatic carbocycles. The zero-order valence-corrected chi connectivity index (χ0v) is 9.28. The van der Waals surface area contributed by atoms with Gasteiger partial charge in [-0.1, -0.05) is 0 Å². The molecule has 0 spiro atoms. The van der Waals surface area contributed by atoms with Gasteiger partial charge in [0.1, 0.15) is 11.3 Å². The smallest absolute Gasteiger partial charge is 0.327 e. The van der Waals surface area contributed by atoms with Gasteiger partial charge in [0.15, 0.2) is 0 Å². The van der Waals surface area contributed by atoms with E-state index in [2.05, 4.69) is 0 Å². The molecule has 0 aromatic heterocycles. The minimum atomic E-state index is -0.643. The number of nitrogens with zero attached hydrogens (tertiary/aromatic N) is 1. The molecule has 2 heterocycles. The fourth-order valence-corrected chi connectivity index (χ4v) is 2.82. The first kappa shape index (κ1) is 10.6. The summed E-state index contributed by atoms with van der Waals surface area (Å²) in [5, 5.41) is 0. The van der Waals surface area contributed by atoms with Crippen LogP contribution in [0.15, 0.2) is 0 Å². The molecule has 0 radical (unpaired) electrons. The average molecular weight is 211 g/mol. The van der Waals surface area contributed by atoms with Crippen LogP contribution in [0.4, 0.5) is 0 Å². The van der Waals surface area contributed by atoms with Crippen molar-refractivity contribution in [2.75, 3.05) is 13.7 Å². The number of carbonyl (C=O) groups is 2. The van der Waals surface area contributed by atoms with Crippen molar-refractivity contribution < 1.29 is 14.3 Å². The fourth-order valence-electron chi connectivity index (χ4n) is 2.82. The van der Waals surface area contributed by atoms with Gasteiger partial charge < -0.3 is 4.74 Å². The molecule has 0 N–H and O–H groups in total. The molecule has 0 aromatic rings. The summed E-state index contributed by atoms with van der Waals surface area (Å²) in [6.45, 7) is 2.18. The maximum Gasteiger partial charge on any atom is 0.327 e. The molecule has 0 amide bonds. The Morgan fingerprint density at radius 1 is 1.67 bits per heavy atom. The third-order valence-electron chi connectivity index (χ3n) is 3.72. The van der Waals surface area contributed by atoms with Crippen molar-refractivity contribution in [3.8, 4) is 0 Å². The van der Waals surface area contributed by atoms with E-state index in [-0.39, 0.29) is 17.8 Å². The van der Waals surface area contributed by atoms with Crippen LogP contribution in [0.5, 0.6) is 0 Å². The number of fused-ring (bicyclic) bond motifs is 2. The Labute approximate surface area is 89.6 Å². The first-order chi connectivity index (χ1) is 7.10. The number of piperidine rings is 1. The van der Waals surface area contributed by atoms with Crippen LogP contribution in [-0.2, 0) is 14.3 Å². The second-order valence-electron chi connectivity index (χ2n) is 4.48. The van der Waals surface area contributed by atoms with Crippen molar-refractivity contribution in [2.24, 2.45) is 0 Å². The summed E-state index contributed by atoms with van der Waals surface area (Å²) in [4.78, 5) is 25.5. The number of Topliss-reactive ketones (excluding diaryl/α,β-unsaturated/α-hetero) is 1. The molecule has 4 heteroatoms. The Balaban J connectivity index is 2.24. The van der Waals surface area contributed by atoms with Gasteiger partial charge in [0.05, 0.1) is 6.61 Å². The van der Waals surface area contributed by atoms with E-state index < -0.39 is 5.54 Å². The third kappa shape index (κ3) is 1.47. The van der Waals surface area contributed by atoms with E-state index >= 15 is 0 Å². The Morgan fingerprint density at radius 3 is 3.07 bits per heavy atom. The Kier molecular flexibility index (Phi) is 2.54. The lowest BCUT2D eigenvalue weighted by atomic mass is 9.88. The molecule has 2 bridgehead atoms. The standard InChI is InChI=1S/C11H17NO3/c1-3-15-10(14)11-5-4-8(12(11)2)6-9(13)7-11/h8H,3-7H2,1-2H3. The number of hydrogen-bond acceptors (Lipinski definition) is 4. The molecular formula is C11H17NO3. The number of carbonyl (C=O) groups excluding carboxylic acids is 2. The summed E-state index contributed by atoms with van der Waals surface area (Å²) in [5.41, 5.74) is -0.643. The monoisotopic (exact) mass is 211 g/mol. The molecule has 2 rings (SSSR count). The molecule has 2 fully saturated rings. The predicted octanol–water partition coefficient (Wildman–Crippen LogP) is 0.745. The second kappa shape index (κ2) is 3.59. The summed E-state index contributed by atoms with van der Waals surface area (Å²) in [5.74, 6) is -0.0216. The lowest BCUT2D eigenvalue weighted by Gasteiger charge is -2.39. The molecule has 84 valence electrons. The minimum Gasteiger partial charge on any atom is -0.465 e. The van der Waals surface area contributed by atoms with Crippen LogP contribution in [0.3, 0.4) is 0 Å². The molecule has 2 aliphatic rings. The normalized spacial score (nSPS) is 35.6. The highest BCUT2D eigenvalue weighted by Gasteiger charge is 2.55. The van der Waals surface area contributed by atoms with Crippen molar-refractivity contribution in [2.45, 2.75) is 44.2 Å². The van der Waals surface area contributed by atoms with Crippen LogP contribution >= 0.6 is 0 Å². The summed E-state index contributed by atoms with van der Waals surface area (Å²) >= 11 is 0. The Hall–Kier alpha value is -0.900. The van der Waals surface area contributed by atoms with E-state index in [4.69, 9.17) is 4.74 Å². The molecule has 2 unspecified atom stereocenters. The highest BCUT2D eigenvalue weighted by molar-refractivity contribution is 5.92. The van der Waals surface area contributed by atoms with E-state index in [0.29, 0.717) is 19.4 Å². The number of ether oxygens (including phenoxy) is 1. The number of rotatable bonds is 2. The van der Waals surface area contributed by atoms with E-state index in [1.165, 1.54) is 0 Å². The van der Waals surface area contributed by atoms with Gasteiger partial charge in [-0.2, -0.15) is 0 Å². The first-order valence-electron chi connectivity index (χ1n) is 5.52. The summed E-state index contributed by atoms with van der Waals surface area (Å²) in [6.07, 6.45) is 2.62. The van der Waals surface area contributed by atoms with Crippen molar-refractivity contribution in [3.05, 3.63) is 0 Å². The lowest BCUT2D eigenvalue weighted by Crippen LogP contribution is -2.56. The number of ketones is 1. The highest BCUT2D eigenvalue weighted by atomic mass is 16.5. The molecule has 4 nitrogen and oxygen atoms in total.